The van der Waals surface area contributed by atoms with Crippen LogP contribution in [-0.2, 0) is 6.18 Å². The number of hydrogen-bond acceptors (Lipinski definition) is 3. The van der Waals surface area contributed by atoms with Crippen molar-refractivity contribution in [2.24, 2.45) is 0 Å². The first-order chi connectivity index (χ1) is 7.99. The number of aromatic nitrogens is 2. The predicted molar refractivity (Wildman–Crippen MR) is 62.1 cm³/mol. The highest BCUT2D eigenvalue weighted by atomic mass is 32.1. The highest BCUT2D eigenvalue weighted by Gasteiger charge is 2.36. The molecular formula is C11H17F3N2S. The third kappa shape index (κ3) is 4.26. The Morgan fingerprint density at radius 3 is 2.29 bits per heavy atom. The van der Waals surface area contributed by atoms with Crippen LogP contribution in [0, 0.1) is 0 Å². The monoisotopic (exact) mass is 266 g/mol. The Kier molecular flexibility index (Phi) is 5.36. The molecule has 0 spiro atoms. The van der Waals surface area contributed by atoms with E-state index in [9.17, 15) is 13.2 Å². The summed E-state index contributed by atoms with van der Waals surface area (Å²) in [5.74, 6) is 0.133. The van der Waals surface area contributed by atoms with Crippen LogP contribution in [-0.4, -0.2) is 10.2 Å². The lowest BCUT2D eigenvalue weighted by Gasteiger charge is -2.11. The van der Waals surface area contributed by atoms with E-state index < -0.39 is 11.2 Å². The lowest BCUT2D eigenvalue weighted by atomic mass is 9.98. The van der Waals surface area contributed by atoms with Crippen molar-refractivity contribution in [3.05, 3.63) is 10.0 Å². The van der Waals surface area contributed by atoms with Crippen molar-refractivity contribution in [1.82, 2.24) is 10.2 Å². The van der Waals surface area contributed by atoms with Crippen molar-refractivity contribution in [3.63, 3.8) is 0 Å². The molecule has 0 aromatic carbocycles. The molecule has 0 radical (unpaired) electrons. The van der Waals surface area contributed by atoms with E-state index in [1.807, 2.05) is 6.92 Å². The van der Waals surface area contributed by atoms with Gasteiger partial charge < -0.3 is 0 Å². The standard InChI is InChI=1S/C11H17F3N2S/c1-3-5-7-8(6-4-2)9-15-16-10(17-9)11(12,13)14/h8H,3-7H2,1-2H3. The maximum absolute atomic E-state index is 12.4. The second-order valence-corrected chi connectivity index (χ2v) is 5.08. The van der Waals surface area contributed by atoms with Gasteiger partial charge >= 0.3 is 6.18 Å². The first kappa shape index (κ1) is 14.4. The van der Waals surface area contributed by atoms with E-state index in [2.05, 4.69) is 17.1 Å². The zero-order valence-corrected chi connectivity index (χ0v) is 10.9. The Morgan fingerprint density at radius 1 is 1.12 bits per heavy atom. The van der Waals surface area contributed by atoms with Gasteiger partial charge in [0.2, 0.25) is 5.01 Å². The van der Waals surface area contributed by atoms with Crippen LogP contribution in [0.3, 0.4) is 0 Å². The number of rotatable bonds is 6. The van der Waals surface area contributed by atoms with Gasteiger partial charge in [-0.25, -0.2) is 0 Å². The Morgan fingerprint density at radius 2 is 1.82 bits per heavy atom. The van der Waals surface area contributed by atoms with Crippen LogP contribution >= 0.6 is 11.3 Å². The minimum Gasteiger partial charge on any atom is -0.164 e. The average molecular weight is 266 g/mol. The van der Waals surface area contributed by atoms with Crippen LogP contribution in [0.1, 0.15) is 61.9 Å². The maximum atomic E-state index is 12.4. The molecule has 0 N–H and O–H groups in total. The summed E-state index contributed by atoms with van der Waals surface area (Å²) in [6.07, 6.45) is 0.437. The van der Waals surface area contributed by atoms with Gasteiger partial charge in [0.05, 0.1) is 0 Å². The van der Waals surface area contributed by atoms with Gasteiger partial charge in [0.25, 0.3) is 0 Å². The number of nitrogens with zero attached hydrogens (tertiary/aromatic N) is 2. The van der Waals surface area contributed by atoms with Crippen molar-refractivity contribution in [3.8, 4) is 0 Å². The summed E-state index contributed by atoms with van der Waals surface area (Å²) in [7, 11) is 0. The molecule has 1 heterocycles. The topological polar surface area (TPSA) is 25.8 Å². The van der Waals surface area contributed by atoms with Crippen molar-refractivity contribution in [2.45, 2.75) is 58.0 Å². The average Bonchev–Trinajstić information content (AvgIpc) is 2.72. The zero-order chi connectivity index (χ0) is 12.9. The first-order valence-electron chi connectivity index (χ1n) is 5.89. The molecule has 98 valence electrons. The number of hydrogen-bond donors (Lipinski definition) is 0. The number of unbranched alkanes of at least 4 members (excludes halogenated alkanes) is 1. The third-order valence-corrected chi connectivity index (χ3v) is 3.71. The van der Waals surface area contributed by atoms with Gasteiger partial charge in [-0.15, -0.1) is 10.2 Å². The SMILES string of the molecule is CCCCC(CCC)c1nnc(C(F)(F)F)s1. The second kappa shape index (κ2) is 6.33. The summed E-state index contributed by atoms with van der Waals surface area (Å²) in [4.78, 5) is 0. The van der Waals surface area contributed by atoms with Gasteiger partial charge in [0.15, 0.2) is 0 Å². The summed E-state index contributed by atoms with van der Waals surface area (Å²) in [6, 6.07) is 0. The van der Waals surface area contributed by atoms with Crippen molar-refractivity contribution in [1.29, 1.82) is 0 Å². The second-order valence-electron chi connectivity index (χ2n) is 4.07. The van der Waals surface area contributed by atoms with E-state index in [1.165, 1.54) is 0 Å². The van der Waals surface area contributed by atoms with Gasteiger partial charge in [0, 0.05) is 5.92 Å². The molecule has 1 unspecified atom stereocenters. The summed E-state index contributed by atoms with van der Waals surface area (Å²) < 4.78 is 37.2. The highest BCUT2D eigenvalue weighted by Crippen LogP contribution is 2.36. The van der Waals surface area contributed by atoms with Gasteiger partial charge in [-0.2, -0.15) is 13.2 Å². The van der Waals surface area contributed by atoms with Gasteiger partial charge in [-0.1, -0.05) is 44.4 Å². The largest absolute Gasteiger partial charge is 0.445 e. The fraction of sp³-hybridized carbons (Fsp3) is 0.818. The van der Waals surface area contributed by atoms with Crippen molar-refractivity contribution < 1.29 is 13.2 Å². The molecule has 2 nitrogen and oxygen atoms in total. The fourth-order valence-corrected chi connectivity index (χ4v) is 2.58. The Balaban J connectivity index is 2.76. The van der Waals surface area contributed by atoms with Crippen molar-refractivity contribution >= 4 is 11.3 Å². The lowest BCUT2D eigenvalue weighted by molar-refractivity contribution is -0.138. The van der Waals surface area contributed by atoms with Crippen LogP contribution in [0.5, 0.6) is 0 Å². The van der Waals surface area contributed by atoms with Crippen LogP contribution in [0.2, 0.25) is 0 Å². The summed E-state index contributed by atoms with van der Waals surface area (Å²) in [5, 5.41) is 6.65. The summed E-state index contributed by atoms with van der Waals surface area (Å²) in [6.45, 7) is 4.11. The third-order valence-electron chi connectivity index (χ3n) is 2.58. The smallest absolute Gasteiger partial charge is 0.164 e. The molecule has 0 bridgehead atoms. The molecule has 1 aromatic rings. The van der Waals surface area contributed by atoms with Gasteiger partial charge in [-0.3, -0.25) is 0 Å². The molecule has 6 heteroatoms. The molecular weight excluding hydrogens is 249 g/mol. The molecule has 0 amide bonds. The van der Waals surface area contributed by atoms with Crippen LogP contribution in [0.4, 0.5) is 13.2 Å². The number of halogens is 3. The minimum absolute atomic E-state index is 0.133. The van der Waals surface area contributed by atoms with E-state index in [4.69, 9.17) is 0 Å². The summed E-state index contributed by atoms with van der Waals surface area (Å²) >= 11 is 0.691. The molecule has 1 atom stereocenters. The Hall–Kier alpha value is -0.650. The van der Waals surface area contributed by atoms with E-state index in [0.717, 1.165) is 32.1 Å². The number of alkyl halides is 3. The molecule has 0 aliphatic carbocycles. The molecule has 1 aromatic heterocycles. The van der Waals surface area contributed by atoms with Crippen LogP contribution < -0.4 is 0 Å². The van der Waals surface area contributed by atoms with Crippen molar-refractivity contribution in [2.75, 3.05) is 0 Å². The van der Waals surface area contributed by atoms with E-state index in [-0.39, 0.29) is 5.92 Å². The molecule has 17 heavy (non-hydrogen) atoms. The normalized spacial score (nSPS) is 13.9. The Bertz CT molecular complexity index is 336. The van der Waals surface area contributed by atoms with E-state index in [1.54, 1.807) is 0 Å². The van der Waals surface area contributed by atoms with E-state index >= 15 is 0 Å². The first-order valence-corrected chi connectivity index (χ1v) is 6.71. The summed E-state index contributed by atoms with van der Waals surface area (Å²) in [5.41, 5.74) is 0. The molecule has 1 rings (SSSR count). The highest BCUT2D eigenvalue weighted by molar-refractivity contribution is 7.11. The van der Waals surface area contributed by atoms with Gasteiger partial charge in [-0.05, 0) is 12.8 Å². The molecule has 0 saturated heterocycles. The minimum atomic E-state index is -4.36. The maximum Gasteiger partial charge on any atom is 0.445 e. The van der Waals surface area contributed by atoms with E-state index in [0.29, 0.717) is 16.3 Å². The zero-order valence-electron chi connectivity index (χ0n) is 10.0. The van der Waals surface area contributed by atoms with Crippen LogP contribution in [0.25, 0.3) is 0 Å². The van der Waals surface area contributed by atoms with Crippen LogP contribution in [0.15, 0.2) is 0 Å². The van der Waals surface area contributed by atoms with Gasteiger partial charge in [0.1, 0.15) is 5.01 Å². The quantitative estimate of drug-likeness (QED) is 0.750. The molecule has 0 fully saturated rings. The Labute approximate surface area is 103 Å². The fourth-order valence-electron chi connectivity index (χ4n) is 1.70. The predicted octanol–water partition coefficient (Wildman–Crippen LogP) is 4.63. The molecule has 0 aliphatic heterocycles. The molecule has 0 aliphatic rings. The molecule has 0 saturated carbocycles. The lowest BCUT2D eigenvalue weighted by Crippen LogP contribution is -2.03.